The largest absolute Gasteiger partial charge is 0.490 e. The van der Waals surface area contributed by atoms with Gasteiger partial charge in [0.1, 0.15) is 12.3 Å². The van der Waals surface area contributed by atoms with Crippen LogP contribution < -0.4 is 20.6 Å². The molecule has 0 aliphatic heterocycles. The number of nitrogens with zero attached hydrogens (tertiary/aromatic N) is 3. The van der Waals surface area contributed by atoms with E-state index < -0.39 is 5.69 Å². The Balaban J connectivity index is 1.71. The molecule has 8 nitrogen and oxygen atoms in total. The van der Waals surface area contributed by atoms with Gasteiger partial charge in [0.05, 0.1) is 22.9 Å². The zero-order valence-corrected chi connectivity index (χ0v) is 17.8. The van der Waals surface area contributed by atoms with Crippen molar-refractivity contribution in [3.63, 3.8) is 0 Å². The molecular formula is C20H19Cl2N5O3. The zero-order chi connectivity index (χ0) is 21.5. The molecule has 0 atom stereocenters. The highest BCUT2D eigenvalue weighted by Crippen LogP contribution is 2.30. The summed E-state index contributed by atoms with van der Waals surface area (Å²) in [7, 11) is 0. The van der Waals surface area contributed by atoms with E-state index in [4.69, 9.17) is 32.7 Å². The van der Waals surface area contributed by atoms with E-state index in [1.165, 1.54) is 0 Å². The van der Waals surface area contributed by atoms with Gasteiger partial charge in [0, 0.05) is 0 Å². The number of nitrogens with one attached hydrogen (secondary N) is 2. The van der Waals surface area contributed by atoms with Gasteiger partial charge in [0.2, 0.25) is 0 Å². The number of hydrogen-bond donors (Lipinski definition) is 2. The summed E-state index contributed by atoms with van der Waals surface area (Å²) >= 11 is 12.0. The highest BCUT2D eigenvalue weighted by molar-refractivity contribution is 6.42. The van der Waals surface area contributed by atoms with Gasteiger partial charge in [0.25, 0.3) is 0 Å². The summed E-state index contributed by atoms with van der Waals surface area (Å²) in [5, 5.41) is 11.1. The number of benzene rings is 2. The summed E-state index contributed by atoms with van der Waals surface area (Å²) in [6.45, 7) is 4.38. The van der Waals surface area contributed by atoms with E-state index in [9.17, 15) is 4.79 Å². The van der Waals surface area contributed by atoms with Gasteiger partial charge in [-0.3, -0.25) is 5.43 Å². The minimum atomic E-state index is -0.555. The van der Waals surface area contributed by atoms with Gasteiger partial charge in [0.15, 0.2) is 17.3 Å². The van der Waals surface area contributed by atoms with Crippen LogP contribution in [0.3, 0.4) is 0 Å². The fraction of sp³-hybridized carbons (Fsp3) is 0.200. The monoisotopic (exact) mass is 447 g/mol. The second-order valence-electron chi connectivity index (χ2n) is 6.12. The van der Waals surface area contributed by atoms with Crippen LogP contribution in [0.2, 0.25) is 10.0 Å². The van der Waals surface area contributed by atoms with Gasteiger partial charge in [-0.1, -0.05) is 29.3 Å². The number of hydrogen-bond acceptors (Lipinski definition) is 7. The maximum atomic E-state index is 11.3. The summed E-state index contributed by atoms with van der Waals surface area (Å²) in [6.07, 6.45) is 1.58. The van der Waals surface area contributed by atoms with Crippen LogP contribution in [0.4, 0.5) is 5.82 Å². The molecule has 0 bridgehead atoms. The minimum Gasteiger partial charge on any atom is -0.490 e. The van der Waals surface area contributed by atoms with Crippen molar-refractivity contribution in [3.05, 3.63) is 73.7 Å². The summed E-state index contributed by atoms with van der Waals surface area (Å²) in [4.78, 5) is 15.0. The molecule has 0 spiro atoms. The van der Waals surface area contributed by atoms with Crippen molar-refractivity contribution in [3.8, 4) is 11.5 Å². The van der Waals surface area contributed by atoms with Gasteiger partial charge in [-0.25, -0.2) is 9.89 Å². The van der Waals surface area contributed by atoms with Crippen molar-refractivity contribution in [1.29, 1.82) is 0 Å². The number of H-pyrrole nitrogens is 1. The number of rotatable bonds is 8. The number of hydrazone groups is 1. The first-order valence-electron chi connectivity index (χ1n) is 9.02. The maximum absolute atomic E-state index is 11.3. The average Bonchev–Trinajstić information content (AvgIpc) is 2.72. The molecule has 0 radical (unpaired) electrons. The minimum absolute atomic E-state index is 0.279. The lowest BCUT2D eigenvalue weighted by atomic mass is 10.2. The van der Waals surface area contributed by atoms with E-state index in [-0.39, 0.29) is 5.82 Å². The van der Waals surface area contributed by atoms with Crippen LogP contribution in [0.25, 0.3) is 0 Å². The molecule has 0 unspecified atom stereocenters. The second-order valence-corrected chi connectivity index (χ2v) is 6.94. The van der Waals surface area contributed by atoms with Crippen molar-refractivity contribution in [2.24, 2.45) is 5.10 Å². The predicted octanol–water partition coefficient (Wildman–Crippen LogP) is 4.20. The fourth-order valence-corrected chi connectivity index (χ4v) is 2.77. The summed E-state index contributed by atoms with van der Waals surface area (Å²) in [6, 6.07) is 10.8. The van der Waals surface area contributed by atoms with Crippen LogP contribution in [0.15, 0.2) is 46.3 Å². The van der Waals surface area contributed by atoms with Gasteiger partial charge >= 0.3 is 5.69 Å². The van der Waals surface area contributed by atoms with E-state index in [2.05, 4.69) is 25.7 Å². The van der Waals surface area contributed by atoms with Crippen molar-refractivity contribution in [2.45, 2.75) is 20.5 Å². The third-order valence-electron chi connectivity index (χ3n) is 3.91. The Morgan fingerprint density at radius 3 is 2.73 bits per heavy atom. The highest BCUT2D eigenvalue weighted by Gasteiger charge is 2.08. The molecule has 1 heterocycles. The molecule has 3 rings (SSSR count). The lowest BCUT2D eigenvalue weighted by molar-refractivity contribution is 0.269. The van der Waals surface area contributed by atoms with Crippen LogP contribution in [0.5, 0.6) is 11.5 Å². The van der Waals surface area contributed by atoms with E-state index in [1.54, 1.807) is 37.4 Å². The van der Waals surface area contributed by atoms with Crippen molar-refractivity contribution in [2.75, 3.05) is 12.0 Å². The molecular weight excluding hydrogens is 429 g/mol. The Kier molecular flexibility index (Phi) is 7.26. The maximum Gasteiger partial charge on any atom is 0.363 e. The van der Waals surface area contributed by atoms with Crippen molar-refractivity contribution < 1.29 is 9.47 Å². The Hall–Kier alpha value is -3.10. The van der Waals surface area contributed by atoms with E-state index >= 15 is 0 Å². The van der Waals surface area contributed by atoms with E-state index in [1.807, 2.05) is 19.1 Å². The van der Waals surface area contributed by atoms with Gasteiger partial charge in [-0.15, -0.1) is 0 Å². The SMILES string of the molecule is CCOc1cc(/C=N/Nc2nc(=O)[nH]nc2C)ccc1OCc1ccc(Cl)c(Cl)c1. The number of aryl methyl sites for hydroxylation is 1. The molecule has 2 aromatic carbocycles. The lowest BCUT2D eigenvalue weighted by Gasteiger charge is -2.13. The summed E-state index contributed by atoms with van der Waals surface area (Å²) in [5.74, 6) is 1.44. The molecule has 2 N–H and O–H groups in total. The molecule has 0 aliphatic carbocycles. The number of aromatic nitrogens is 3. The molecule has 0 amide bonds. The molecule has 0 saturated heterocycles. The Morgan fingerprint density at radius 2 is 1.97 bits per heavy atom. The lowest BCUT2D eigenvalue weighted by Crippen LogP contribution is -2.15. The molecule has 30 heavy (non-hydrogen) atoms. The number of anilines is 1. The van der Waals surface area contributed by atoms with Crippen LogP contribution in [0.1, 0.15) is 23.7 Å². The molecule has 3 aromatic rings. The van der Waals surface area contributed by atoms with Crippen LogP contribution >= 0.6 is 23.2 Å². The smallest absolute Gasteiger partial charge is 0.363 e. The second kappa shape index (κ2) is 10.1. The number of aromatic amines is 1. The van der Waals surface area contributed by atoms with Gasteiger partial charge in [-0.05, 0) is 55.3 Å². The van der Waals surface area contributed by atoms with Gasteiger partial charge in [-0.2, -0.15) is 15.2 Å². The van der Waals surface area contributed by atoms with Crippen molar-refractivity contribution >= 4 is 35.2 Å². The third kappa shape index (κ3) is 5.71. The summed E-state index contributed by atoms with van der Waals surface area (Å²) in [5.41, 5.74) is 4.32. The Morgan fingerprint density at radius 1 is 1.13 bits per heavy atom. The van der Waals surface area contributed by atoms with Crippen LogP contribution in [0, 0.1) is 6.92 Å². The zero-order valence-electron chi connectivity index (χ0n) is 16.3. The average molecular weight is 448 g/mol. The van der Waals surface area contributed by atoms with E-state index in [0.717, 1.165) is 11.1 Å². The first-order chi connectivity index (χ1) is 14.5. The Bertz CT molecular complexity index is 1120. The molecule has 10 heteroatoms. The normalized spacial score (nSPS) is 10.9. The van der Waals surface area contributed by atoms with Gasteiger partial charge < -0.3 is 9.47 Å². The molecule has 156 valence electrons. The summed E-state index contributed by atoms with van der Waals surface area (Å²) < 4.78 is 11.6. The first kappa shape index (κ1) is 21.6. The quantitative estimate of drug-likeness (QED) is 0.396. The molecule has 0 fully saturated rings. The standard InChI is InChI=1S/C20H19Cl2N5O3/c1-3-29-18-9-13(10-23-26-19-12(2)25-27-20(28)24-19)5-7-17(18)30-11-14-4-6-15(21)16(22)8-14/h4-10H,3,11H2,1-2H3,(H2,24,26,27,28)/b23-10+. The van der Waals surface area contributed by atoms with Crippen LogP contribution in [-0.2, 0) is 6.61 Å². The topological polar surface area (TPSA) is 101 Å². The first-order valence-corrected chi connectivity index (χ1v) is 9.78. The molecule has 1 aromatic heterocycles. The number of ether oxygens (including phenoxy) is 2. The van der Waals surface area contributed by atoms with E-state index in [0.29, 0.717) is 40.5 Å². The Labute approximate surface area is 182 Å². The predicted molar refractivity (Wildman–Crippen MR) is 117 cm³/mol. The highest BCUT2D eigenvalue weighted by atomic mass is 35.5. The fourth-order valence-electron chi connectivity index (χ4n) is 2.45. The van der Waals surface area contributed by atoms with Crippen molar-refractivity contribution in [1.82, 2.24) is 15.2 Å². The molecule has 0 saturated carbocycles. The molecule has 0 aliphatic rings. The number of halogens is 2. The third-order valence-corrected chi connectivity index (χ3v) is 4.64. The van der Waals surface area contributed by atoms with Crippen LogP contribution in [-0.4, -0.2) is 28.0 Å².